The Morgan fingerprint density at radius 2 is 2.00 bits per heavy atom. The maximum Gasteiger partial charge on any atom is 0.298 e. The second-order valence-electron chi connectivity index (χ2n) is 5.37. The first-order valence-corrected chi connectivity index (χ1v) is 7.74. The van der Waals surface area contributed by atoms with E-state index in [-0.39, 0.29) is 23.5 Å². The molecule has 23 heavy (non-hydrogen) atoms. The maximum atomic E-state index is 12.7. The van der Waals surface area contributed by atoms with Crippen LogP contribution in [0.25, 0.3) is 10.9 Å². The van der Waals surface area contributed by atoms with Crippen LogP contribution in [0.1, 0.15) is 32.6 Å². The lowest BCUT2D eigenvalue weighted by Gasteiger charge is -2.16. The number of nitrogens with two attached hydrogens (primary N) is 1. The minimum atomic E-state index is -0.386. The van der Waals surface area contributed by atoms with Crippen molar-refractivity contribution < 1.29 is 14.3 Å². The number of hydrogen-bond donors (Lipinski definition) is 1. The van der Waals surface area contributed by atoms with Crippen molar-refractivity contribution in [2.75, 3.05) is 12.8 Å². The van der Waals surface area contributed by atoms with Gasteiger partial charge in [-0.25, -0.2) is 0 Å². The molecule has 0 radical (unpaired) electrons. The number of aryl methyl sites for hydroxylation is 1. The molecule has 0 bridgehead atoms. The largest absolute Gasteiger partial charge is 0.492 e. The number of benzene rings is 1. The predicted octanol–water partition coefficient (Wildman–Crippen LogP) is 2.71. The number of rotatable bonds is 8. The van der Waals surface area contributed by atoms with Gasteiger partial charge in [0, 0.05) is 17.6 Å². The van der Waals surface area contributed by atoms with Gasteiger partial charge < -0.3 is 19.8 Å². The predicted molar refractivity (Wildman–Crippen MR) is 90.0 cm³/mol. The van der Waals surface area contributed by atoms with Crippen molar-refractivity contribution in [1.82, 2.24) is 4.57 Å². The van der Waals surface area contributed by atoms with Gasteiger partial charge in [-0.15, -0.1) is 0 Å². The van der Waals surface area contributed by atoms with Gasteiger partial charge in [0.1, 0.15) is 0 Å². The molecule has 0 aliphatic heterocycles. The number of methoxy groups -OCH3 is 1. The molecule has 1 aromatic heterocycles. The van der Waals surface area contributed by atoms with Gasteiger partial charge in [-0.2, -0.15) is 0 Å². The van der Waals surface area contributed by atoms with Gasteiger partial charge in [0.15, 0.2) is 5.75 Å². The summed E-state index contributed by atoms with van der Waals surface area (Å²) >= 11 is 0. The van der Waals surface area contributed by atoms with E-state index in [0.717, 1.165) is 25.7 Å². The van der Waals surface area contributed by atoms with E-state index in [9.17, 15) is 9.59 Å². The molecular weight excluding hydrogens is 296 g/mol. The molecule has 0 saturated heterocycles. The Labute approximate surface area is 134 Å². The zero-order valence-electron chi connectivity index (χ0n) is 13.5. The molecule has 1 aromatic carbocycles. The summed E-state index contributed by atoms with van der Waals surface area (Å²) in [4.78, 5) is 23.4. The van der Waals surface area contributed by atoms with Crippen LogP contribution in [0, 0.1) is 0 Å². The molecule has 0 unspecified atom stereocenters. The standard InChI is InChI=1S/C17H22N2O4/c1-3-4-5-6-9-19-14-10-12(18)7-8-13(14)15(22-2)16(17(19)21)23-11-20/h7-8,10-11H,3-6,9,18H2,1-2H3. The van der Waals surface area contributed by atoms with Crippen molar-refractivity contribution in [3.8, 4) is 11.5 Å². The zero-order valence-corrected chi connectivity index (χ0v) is 13.5. The Balaban J connectivity index is 2.62. The van der Waals surface area contributed by atoms with Gasteiger partial charge in [0.05, 0.1) is 12.6 Å². The molecule has 0 amide bonds. The molecule has 0 spiro atoms. The summed E-state index contributed by atoms with van der Waals surface area (Å²) in [5.41, 5.74) is 6.72. The van der Waals surface area contributed by atoms with E-state index in [1.54, 1.807) is 22.8 Å². The molecule has 124 valence electrons. The molecule has 0 fully saturated rings. The van der Waals surface area contributed by atoms with Gasteiger partial charge in [0.25, 0.3) is 12.0 Å². The lowest BCUT2D eigenvalue weighted by atomic mass is 10.1. The molecule has 2 rings (SSSR count). The number of ether oxygens (including phenoxy) is 2. The number of hydrogen-bond acceptors (Lipinski definition) is 5. The van der Waals surface area contributed by atoms with Crippen molar-refractivity contribution in [1.29, 1.82) is 0 Å². The number of fused-ring (bicyclic) bond motifs is 1. The third-order valence-electron chi connectivity index (χ3n) is 3.81. The second kappa shape index (κ2) is 7.67. The zero-order chi connectivity index (χ0) is 16.8. The Bertz CT molecular complexity index is 752. The fraction of sp³-hybridized carbons (Fsp3) is 0.412. The van der Waals surface area contributed by atoms with E-state index in [4.69, 9.17) is 15.2 Å². The number of nitrogen functional groups attached to an aromatic ring is 1. The van der Waals surface area contributed by atoms with Gasteiger partial charge >= 0.3 is 0 Å². The first-order valence-electron chi connectivity index (χ1n) is 7.74. The van der Waals surface area contributed by atoms with E-state index in [1.807, 2.05) is 0 Å². The van der Waals surface area contributed by atoms with Crippen molar-refractivity contribution in [2.45, 2.75) is 39.2 Å². The summed E-state index contributed by atoms with van der Waals surface area (Å²) in [5.74, 6) is 0.164. The van der Waals surface area contributed by atoms with Gasteiger partial charge in [-0.1, -0.05) is 26.2 Å². The summed E-state index contributed by atoms with van der Waals surface area (Å²) in [5, 5.41) is 0.689. The fourth-order valence-electron chi connectivity index (χ4n) is 2.69. The number of aromatic nitrogens is 1. The molecule has 0 aliphatic rings. The quantitative estimate of drug-likeness (QED) is 0.459. The third-order valence-corrected chi connectivity index (χ3v) is 3.81. The summed E-state index contributed by atoms with van der Waals surface area (Å²) in [6.07, 6.45) is 4.13. The number of carbonyl (C=O) groups excluding carboxylic acids is 1. The van der Waals surface area contributed by atoms with Crippen LogP contribution in [0.5, 0.6) is 11.5 Å². The van der Waals surface area contributed by atoms with Crippen LogP contribution in [0.15, 0.2) is 23.0 Å². The Morgan fingerprint density at radius 1 is 1.22 bits per heavy atom. The second-order valence-corrected chi connectivity index (χ2v) is 5.37. The molecule has 0 atom stereocenters. The molecule has 6 heteroatoms. The van der Waals surface area contributed by atoms with Crippen molar-refractivity contribution >= 4 is 23.1 Å². The van der Waals surface area contributed by atoms with Crippen LogP contribution in [0.4, 0.5) is 5.69 Å². The lowest BCUT2D eigenvalue weighted by molar-refractivity contribution is -0.120. The SMILES string of the molecule is CCCCCCn1c(=O)c(OC=O)c(OC)c2ccc(N)cc21. The summed E-state index contributed by atoms with van der Waals surface area (Å²) in [6, 6.07) is 5.23. The fourth-order valence-corrected chi connectivity index (χ4v) is 2.69. The Morgan fingerprint density at radius 3 is 2.65 bits per heavy atom. The molecule has 0 aliphatic carbocycles. The number of carbonyl (C=O) groups is 1. The lowest BCUT2D eigenvalue weighted by Crippen LogP contribution is -2.23. The van der Waals surface area contributed by atoms with Gasteiger partial charge in [0.2, 0.25) is 5.75 Å². The van der Waals surface area contributed by atoms with Crippen LogP contribution in [-0.4, -0.2) is 18.1 Å². The minimum Gasteiger partial charge on any atom is -0.492 e. The van der Waals surface area contributed by atoms with Crippen LogP contribution < -0.4 is 20.8 Å². The highest BCUT2D eigenvalue weighted by Gasteiger charge is 2.19. The smallest absolute Gasteiger partial charge is 0.298 e. The molecule has 0 saturated carbocycles. The van der Waals surface area contributed by atoms with Crippen LogP contribution in [-0.2, 0) is 11.3 Å². The van der Waals surface area contributed by atoms with E-state index in [1.165, 1.54) is 7.11 Å². The van der Waals surface area contributed by atoms with E-state index < -0.39 is 0 Å². The van der Waals surface area contributed by atoms with E-state index >= 15 is 0 Å². The van der Waals surface area contributed by atoms with Crippen molar-refractivity contribution in [3.63, 3.8) is 0 Å². The van der Waals surface area contributed by atoms with Crippen molar-refractivity contribution in [2.24, 2.45) is 0 Å². The number of unbranched alkanes of at least 4 members (excludes halogenated alkanes) is 3. The Hall–Kier alpha value is -2.50. The topological polar surface area (TPSA) is 83.5 Å². The molecule has 2 aromatic rings. The highest BCUT2D eigenvalue weighted by molar-refractivity contribution is 5.90. The number of anilines is 1. The molecule has 6 nitrogen and oxygen atoms in total. The molecule has 1 heterocycles. The highest BCUT2D eigenvalue weighted by atomic mass is 16.5. The first kappa shape index (κ1) is 16.9. The number of pyridine rings is 1. The minimum absolute atomic E-state index is 0.0877. The third kappa shape index (κ3) is 3.47. The van der Waals surface area contributed by atoms with Gasteiger partial charge in [-0.3, -0.25) is 9.59 Å². The van der Waals surface area contributed by atoms with E-state index in [2.05, 4.69) is 6.92 Å². The van der Waals surface area contributed by atoms with E-state index in [0.29, 0.717) is 23.1 Å². The molecule has 2 N–H and O–H groups in total. The summed E-state index contributed by atoms with van der Waals surface area (Å²) in [7, 11) is 1.44. The van der Waals surface area contributed by atoms with Crippen LogP contribution in [0.2, 0.25) is 0 Å². The first-order chi connectivity index (χ1) is 11.1. The summed E-state index contributed by atoms with van der Waals surface area (Å²) < 4.78 is 11.8. The number of nitrogens with zero attached hydrogens (tertiary/aromatic N) is 1. The average molecular weight is 318 g/mol. The summed E-state index contributed by atoms with van der Waals surface area (Å²) in [6.45, 7) is 2.91. The van der Waals surface area contributed by atoms with Crippen LogP contribution >= 0.6 is 0 Å². The maximum absolute atomic E-state index is 12.7. The highest BCUT2D eigenvalue weighted by Crippen LogP contribution is 2.33. The van der Waals surface area contributed by atoms with Crippen LogP contribution in [0.3, 0.4) is 0 Å². The monoisotopic (exact) mass is 318 g/mol. The average Bonchev–Trinajstić information content (AvgIpc) is 2.54. The van der Waals surface area contributed by atoms with Crippen molar-refractivity contribution in [3.05, 3.63) is 28.6 Å². The normalized spacial score (nSPS) is 10.7. The molecular formula is C17H22N2O4. The van der Waals surface area contributed by atoms with Gasteiger partial charge in [-0.05, 0) is 24.6 Å². The Kier molecular flexibility index (Phi) is 5.62.